The van der Waals surface area contributed by atoms with Crippen LogP contribution in [0.2, 0.25) is 0 Å². The molecule has 15 heteroatoms. The van der Waals surface area contributed by atoms with Crippen molar-refractivity contribution in [3.8, 4) is 45.0 Å². The predicted octanol–water partition coefficient (Wildman–Crippen LogP) is 11.9. The quantitative estimate of drug-likeness (QED) is 0.0612. The largest absolute Gasteiger partial charge is 0.351 e. The van der Waals surface area contributed by atoms with E-state index in [4.69, 9.17) is 20.0 Å². The minimum atomic E-state index is -0.175. The van der Waals surface area contributed by atoms with E-state index in [0.717, 1.165) is 131 Å². The lowest BCUT2D eigenvalue weighted by Gasteiger charge is -2.17. The summed E-state index contributed by atoms with van der Waals surface area (Å²) >= 11 is 0. The molecule has 1 fully saturated rings. The van der Waals surface area contributed by atoms with Crippen molar-refractivity contribution in [3.63, 3.8) is 0 Å². The number of ketones is 1. The van der Waals surface area contributed by atoms with Gasteiger partial charge in [-0.15, -0.1) is 0 Å². The van der Waals surface area contributed by atoms with Crippen molar-refractivity contribution < 1.29 is 19.2 Å². The molecule has 5 heterocycles. The van der Waals surface area contributed by atoms with Crippen LogP contribution in [0.3, 0.4) is 0 Å². The lowest BCUT2D eigenvalue weighted by Crippen LogP contribution is -2.38. The van der Waals surface area contributed by atoms with E-state index in [1.165, 1.54) is 0 Å². The van der Waals surface area contributed by atoms with E-state index in [1.54, 1.807) is 4.90 Å². The number of amides is 3. The molecular weight excluding hydrogens is 1070 g/mol. The number of nitrogens with zero attached hydrogens (tertiary/aromatic N) is 7. The second-order valence-electron chi connectivity index (χ2n) is 23.2. The van der Waals surface area contributed by atoms with Gasteiger partial charge in [0.05, 0.1) is 44.9 Å². The summed E-state index contributed by atoms with van der Waals surface area (Å²) in [5, 5.41) is 6.14. The summed E-state index contributed by atoms with van der Waals surface area (Å²) in [5.41, 5.74) is 20.2. The highest BCUT2D eigenvalue weighted by Gasteiger charge is 2.29. The Hall–Kier alpha value is -9.96. The molecule has 8 aromatic carbocycles. The number of fused-ring (bicyclic) bond motifs is 4. The van der Waals surface area contributed by atoms with E-state index >= 15 is 0 Å². The number of aliphatic imine (C=N–C) groups is 2. The van der Waals surface area contributed by atoms with Gasteiger partial charge in [0, 0.05) is 84.9 Å². The minimum Gasteiger partial charge on any atom is -0.351 e. The molecule has 1 saturated heterocycles. The van der Waals surface area contributed by atoms with Gasteiger partial charge in [0.2, 0.25) is 0 Å². The summed E-state index contributed by atoms with van der Waals surface area (Å²) in [6.45, 7) is 3.22. The monoisotopic (exact) mass is 1140 g/mol. The number of nitrogens with one attached hydrogen (secondary N) is 4. The van der Waals surface area contributed by atoms with Crippen molar-refractivity contribution in [2.75, 3.05) is 60.9 Å². The molecule has 15 nitrogen and oxygen atoms in total. The first-order chi connectivity index (χ1) is 41.8. The van der Waals surface area contributed by atoms with Crippen molar-refractivity contribution in [2.45, 2.75) is 38.1 Å². The molecule has 0 unspecified atom stereocenters. The SMILES string of the molecule is CN(C)CCCC(=O)c1ccc(-c2nc3ccc(-c4ccc5c(c4)CC(c4ccc(C(=O)N[C@@H]6CCN(C(=O)c7ccc(-c8nc9ccc(-c%10ccc%11c(c%10)CC(c%10ccc(C(=O)NCCN(C)C)cc%10)=N%11)cc9[nH]8)cc7)C6)cc4)=N5)cc3[nH]2)cc1. The van der Waals surface area contributed by atoms with Gasteiger partial charge in [0.15, 0.2) is 5.78 Å². The number of imidazole rings is 2. The Balaban J connectivity index is 0.581. The van der Waals surface area contributed by atoms with E-state index in [9.17, 15) is 19.2 Å². The molecule has 428 valence electrons. The third kappa shape index (κ3) is 11.8. The smallest absolute Gasteiger partial charge is 0.253 e. The summed E-state index contributed by atoms with van der Waals surface area (Å²) in [6.07, 6.45) is 3.39. The van der Waals surface area contributed by atoms with Crippen LogP contribution < -0.4 is 10.6 Å². The molecule has 0 spiro atoms. The first-order valence-electron chi connectivity index (χ1n) is 29.3. The molecule has 13 rings (SSSR count). The van der Waals surface area contributed by atoms with Crippen LogP contribution in [0.1, 0.15) is 82.9 Å². The van der Waals surface area contributed by atoms with Crippen molar-refractivity contribution in [1.82, 2.24) is 45.3 Å². The van der Waals surface area contributed by atoms with Crippen LogP contribution in [0.4, 0.5) is 11.4 Å². The van der Waals surface area contributed by atoms with Gasteiger partial charge in [0.1, 0.15) is 11.6 Å². The summed E-state index contributed by atoms with van der Waals surface area (Å²) < 4.78 is 0. The number of Topliss-reactive ketones (excluding diaryl/α,β-unsaturated/α-hetero) is 1. The number of aromatic amines is 2. The molecular formula is C71H65N11O4. The highest BCUT2D eigenvalue weighted by molar-refractivity contribution is 6.09. The zero-order chi connectivity index (χ0) is 59.0. The van der Waals surface area contributed by atoms with Crippen molar-refractivity contribution in [1.29, 1.82) is 0 Å². The first kappa shape index (κ1) is 55.2. The topological polar surface area (TPSA) is 184 Å². The normalized spacial score (nSPS) is 14.4. The molecule has 2 aromatic heterocycles. The van der Waals surface area contributed by atoms with E-state index < -0.39 is 0 Å². The Kier molecular flexibility index (Phi) is 15.2. The van der Waals surface area contributed by atoms with Gasteiger partial charge in [-0.25, -0.2) is 9.97 Å². The Morgan fingerprint density at radius 3 is 1.49 bits per heavy atom. The van der Waals surface area contributed by atoms with Gasteiger partial charge >= 0.3 is 0 Å². The summed E-state index contributed by atoms with van der Waals surface area (Å²) in [5.74, 6) is 1.29. The molecule has 1 atom stereocenters. The molecule has 0 radical (unpaired) electrons. The zero-order valence-electron chi connectivity index (χ0n) is 48.6. The molecule has 3 aliphatic heterocycles. The molecule has 0 saturated carbocycles. The predicted molar refractivity (Wildman–Crippen MR) is 341 cm³/mol. The van der Waals surface area contributed by atoms with Crippen molar-refractivity contribution >= 4 is 68.4 Å². The number of aromatic nitrogens is 4. The fourth-order valence-corrected chi connectivity index (χ4v) is 11.7. The van der Waals surface area contributed by atoms with Crippen molar-refractivity contribution in [2.24, 2.45) is 9.98 Å². The average Bonchev–Trinajstić information content (AvgIpc) is 3.08. The maximum Gasteiger partial charge on any atom is 0.253 e. The summed E-state index contributed by atoms with van der Waals surface area (Å²) in [7, 11) is 7.99. The molecule has 3 aliphatic rings. The number of rotatable bonds is 18. The van der Waals surface area contributed by atoms with Crippen molar-refractivity contribution in [3.05, 3.63) is 214 Å². The molecule has 10 aromatic rings. The van der Waals surface area contributed by atoms with Gasteiger partial charge in [-0.3, -0.25) is 29.2 Å². The Morgan fingerprint density at radius 1 is 0.512 bits per heavy atom. The Labute approximate surface area is 499 Å². The number of carbonyl (C=O) groups is 4. The summed E-state index contributed by atoms with van der Waals surface area (Å²) in [4.78, 5) is 85.3. The van der Waals surface area contributed by atoms with Crippen LogP contribution in [-0.2, 0) is 12.8 Å². The van der Waals surface area contributed by atoms with Gasteiger partial charge in [-0.1, -0.05) is 84.9 Å². The van der Waals surface area contributed by atoms with Gasteiger partial charge < -0.3 is 35.3 Å². The molecule has 0 bridgehead atoms. The number of likely N-dealkylation sites (tertiary alicyclic amines) is 1. The lowest BCUT2D eigenvalue weighted by molar-refractivity contribution is 0.0783. The highest BCUT2D eigenvalue weighted by atomic mass is 16.2. The van der Waals surface area contributed by atoms with E-state index in [1.807, 2.05) is 142 Å². The Morgan fingerprint density at radius 2 is 0.965 bits per heavy atom. The second kappa shape index (κ2) is 23.6. The van der Waals surface area contributed by atoms with E-state index in [2.05, 4.69) is 86.2 Å². The lowest BCUT2D eigenvalue weighted by atomic mass is 9.98. The van der Waals surface area contributed by atoms with E-state index in [0.29, 0.717) is 67.8 Å². The third-order valence-corrected chi connectivity index (χ3v) is 16.5. The number of H-pyrrole nitrogens is 2. The number of likely N-dealkylation sites (N-methyl/N-ethyl adjacent to an activating group) is 1. The second-order valence-corrected chi connectivity index (χ2v) is 23.2. The number of benzene rings is 8. The van der Waals surface area contributed by atoms with E-state index in [-0.39, 0.29) is 29.5 Å². The zero-order valence-corrected chi connectivity index (χ0v) is 48.6. The molecule has 3 amide bonds. The van der Waals surface area contributed by atoms with Crippen LogP contribution >= 0.6 is 0 Å². The fraction of sp³-hybridized carbons (Fsp3) is 0.211. The van der Waals surface area contributed by atoms with Crippen LogP contribution in [0.25, 0.3) is 67.1 Å². The third-order valence-electron chi connectivity index (χ3n) is 16.5. The number of carbonyl (C=O) groups excluding carboxylic acids is 4. The number of hydrogen-bond donors (Lipinski definition) is 4. The van der Waals surface area contributed by atoms with Crippen LogP contribution in [0.5, 0.6) is 0 Å². The number of hydrogen-bond acceptors (Lipinski definition) is 10. The maximum atomic E-state index is 13.8. The van der Waals surface area contributed by atoms with Crippen LogP contribution in [0.15, 0.2) is 180 Å². The Bertz CT molecular complexity index is 4330. The highest BCUT2D eigenvalue weighted by Crippen LogP contribution is 2.37. The molecule has 86 heavy (non-hydrogen) atoms. The minimum absolute atomic E-state index is 0.0780. The maximum absolute atomic E-state index is 13.8. The summed E-state index contributed by atoms with van der Waals surface area (Å²) in [6, 6.07) is 55.5. The molecule has 0 aliphatic carbocycles. The standard InChI is InChI=1S/C71H65N11O4/c1-80(2)33-5-6-66(83)45-11-13-46(14-12-45)67-76-60-29-25-53(38-64(60)78-67)52-24-28-59-56(37-52)41-63(75-59)44-9-19-49(20-10-44)70(85)73-57-31-34-82(42-57)71(86)50-21-15-47(16-22-50)68-77-61-30-26-54(39-65(61)79-68)51-23-27-58-55(36-51)40-62(74-58)43-7-17-48(18-8-43)69(84)72-32-35-81(3)4/h7-30,36-39,57H,5-6,31-35,40-42H2,1-4H3,(H,72,84)(H,73,85)(H,76,78)(H,77,79)/t57-/m1/s1. The fourth-order valence-electron chi connectivity index (χ4n) is 11.7. The average molecular weight is 1140 g/mol. The van der Waals surface area contributed by atoms with Gasteiger partial charge in [-0.2, -0.15) is 0 Å². The molecule has 4 N–H and O–H groups in total. The van der Waals surface area contributed by atoms with Gasteiger partial charge in [-0.05, 0) is 177 Å². The van der Waals surface area contributed by atoms with Crippen LogP contribution in [0, 0.1) is 0 Å². The van der Waals surface area contributed by atoms with Crippen LogP contribution in [-0.4, -0.2) is 137 Å². The first-order valence-corrected chi connectivity index (χ1v) is 29.3. The van der Waals surface area contributed by atoms with Gasteiger partial charge in [0.25, 0.3) is 17.7 Å².